The fourth-order valence-electron chi connectivity index (χ4n) is 3.00. The van der Waals surface area contributed by atoms with E-state index in [0.717, 1.165) is 6.54 Å². The molecule has 0 unspecified atom stereocenters. The number of nitrogens with one attached hydrogen (secondary N) is 1. The summed E-state index contributed by atoms with van der Waals surface area (Å²) in [5, 5.41) is 10.1. The Bertz CT molecular complexity index is 375. The van der Waals surface area contributed by atoms with Crippen LogP contribution in [0.4, 0.5) is 0 Å². The zero-order valence-corrected chi connectivity index (χ0v) is 19.5. The van der Waals surface area contributed by atoms with Crippen LogP contribution in [0.25, 0.3) is 0 Å². The van der Waals surface area contributed by atoms with Crippen LogP contribution >= 0.6 is 7.60 Å². The molecule has 0 aromatic rings. The summed E-state index contributed by atoms with van der Waals surface area (Å²) >= 11 is 0. The molecule has 8 heteroatoms. The molecule has 0 rings (SSSR count). The van der Waals surface area contributed by atoms with E-state index >= 15 is 0 Å². The molecule has 0 heterocycles. The average Bonchev–Trinajstić information content (AvgIpc) is 2.64. The van der Waals surface area contributed by atoms with Gasteiger partial charge in [-0.05, 0) is 13.0 Å². The molecule has 0 amide bonds. The van der Waals surface area contributed by atoms with Crippen molar-refractivity contribution in [1.29, 1.82) is 0 Å². The van der Waals surface area contributed by atoms with Crippen LogP contribution in [0.5, 0.6) is 0 Å². The number of carbonyl (C=O) groups is 1. The Morgan fingerprint density at radius 3 is 1.38 bits per heavy atom. The van der Waals surface area contributed by atoms with Gasteiger partial charge in [0.2, 0.25) is 0 Å². The Balaban J connectivity index is 0. The van der Waals surface area contributed by atoms with Gasteiger partial charge in [-0.25, -0.2) is 0 Å². The summed E-state index contributed by atoms with van der Waals surface area (Å²) in [7, 11) is -4.10. The first-order valence-electron chi connectivity index (χ1n) is 11.5. The molecule has 0 aliphatic heterocycles. The lowest BCUT2D eigenvalue weighted by atomic mass is 10.0. The fraction of sp³-hybridized carbons (Fsp3) is 0.952. The van der Waals surface area contributed by atoms with E-state index < -0.39 is 26.4 Å². The summed E-state index contributed by atoms with van der Waals surface area (Å²) in [6.45, 7) is 2.72. The molecule has 0 saturated heterocycles. The molecule has 176 valence electrons. The smallest absolute Gasteiger partial charge is 0.339 e. The molecule has 0 fully saturated rings. The second-order valence-electron chi connectivity index (χ2n) is 7.74. The molecule has 6 N–H and O–H groups in total. The van der Waals surface area contributed by atoms with Crippen molar-refractivity contribution in [3.63, 3.8) is 0 Å². The fourth-order valence-corrected chi connectivity index (χ4v) is 3.40. The molecule has 0 radical (unpaired) electrons. The third-order valence-electron chi connectivity index (χ3n) is 4.65. The highest BCUT2D eigenvalue weighted by molar-refractivity contribution is 7.51. The molecule has 0 bridgehead atoms. The predicted molar refractivity (Wildman–Crippen MR) is 121 cm³/mol. The van der Waals surface area contributed by atoms with Gasteiger partial charge in [0.05, 0.1) is 12.8 Å². The van der Waals surface area contributed by atoms with E-state index in [1.165, 1.54) is 103 Å². The van der Waals surface area contributed by atoms with Gasteiger partial charge in [0.25, 0.3) is 0 Å². The first kappa shape index (κ1) is 30.7. The van der Waals surface area contributed by atoms with Crippen LogP contribution in [0, 0.1) is 0 Å². The lowest BCUT2D eigenvalue weighted by Crippen LogP contribution is -2.23. The molecule has 0 aromatic carbocycles. The molecular weight excluding hydrogens is 391 g/mol. The van der Waals surface area contributed by atoms with Crippen LogP contribution in [0.2, 0.25) is 0 Å². The standard InChI is InChI=1S/C18H39N.C3H8NO5P/c1-2-3-4-5-6-7-8-9-10-11-12-13-14-15-16-17-18-19;5-3(6)1-4-2-10(7,8)9/h2-19H2,1H3;4H,1-2H2,(H,5,6)(H2,7,8,9). The topological polar surface area (TPSA) is 133 Å². The van der Waals surface area contributed by atoms with Crippen molar-refractivity contribution in [2.75, 3.05) is 19.4 Å². The van der Waals surface area contributed by atoms with E-state index in [1.807, 2.05) is 0 Å². The number of hydrogen-bond donors (Lipinski definition) is 5. The van der Waals surface area contributed by atoms with Gasteiger partial charge < -0.3 is 20.6 Å². The summed E-state index contributed by atoms with van der Waals surface area (Å²) < 4.78 is 10.1. The van der Waals surface area contributed by atoms with E-state index in [4.69, 9.17) is 20.6 Å². The van der Waals surface area contributed by atoms with Crippen molar-refractivity contribution >= 4 is 13.6 Å². The molecule has 29 heavy (non-hydrogen) atoms. The van der Waals surface area contributed by atoms with Gasteiger partial charge in [0.15, 0.2) is 0 Å². The second kappa shape index (κ2) is 23.8. The van der Waals surface area contributed by atoms with Crippen molar-refractivity contribution in [3.8, 4) is 0 Å². The van der Waals surface area contributed by atoms with Crippen molar-refractivity contribution < 1.29 is 24.3 Å². The largest absolute Gasteiger partial charge is 0.480 e. The van der Waals surface area contributed by atoms with Gasteiger partial charge in [-0.1, -0.05) is 103 Å². The quantitative estimate of drug-likeness (QED) is 0.133. The zero-order chi connectivity index (χ0) is 22.2. The Morgan fingerprint density at radius 1 is 0.759 bits per heavy atom. The van der Waals surface area contributed by atoms with Crippen molar-refractivity contribution in [3.05, 3.63) is 0 Å². The molecule has 0 aliphatic carbocycles. The first-order valence-corrected chi connectivity index (χ1v) is 13.3. The number of nitrogens with two attached hydrogens (primary N) is 1. The minimum Gasteiger partial charge on any atom is -0.480 e. The van der Waals surface area contributed by atoms with Crippen LogP contribution in [0.3, 0.4) is 0 Å². The van der Waals surface area contributed by atoms with Gasteiger partial charge in [0.1, 0.15) is 0 Å². The Kier molecular flexibility index (Phi) is 25.2. The summed E-state index contributed by atoms with van der Waals surface area (Å²) in [6, 6.07) is 0. The SMILES string of the molecule is CCCCCCCCCCCCCCCCCCN.O=C(O)CNCP(=O)(O)O. The maximum Gasteiger partial charge on any atom is 0.339 e. The van der Waals surface area contributed by atoms with Gasteiger partial charge in [-0.2, -0.15) is 0 Å². The molecular formula is C21H47N2O5P. The van der Waals surface area contributed by atoms with Crippen molar-refractivity contribution in [2.45, 2.75) is 110 Å². The van der Waals surface area contributed by atoms with E-state index in [2.05, 4.69) is 12.2 Å². The lowest BCUT2D eigenvalue weighted by molar-refractivity contribution is -0.135. The predicted octanol–water partition coefficient (Wildman–Crippen LogP) is 5.00. The summed E-state index contributed by atoms with van der Waals surface area (Å²) in [4.78, 5) is 26.1. The van der Waals surface area contributed by atoms with E-state index in [0.29, 0.717) is 0 Å². The number of rotatable bonds is 20. The van der Waals surface area contributed by atoms with Crippen LogP contribution in [-0.2, 0) is 9.36 Å². The third-order valence-corrected chi connectivity index (χ3v) is 5.29. The summed E-state index contributed by atoms with van der Waals surface area (Å²) in [5.74, 6) is -1.14. The Labute approximate surface area is 178 Å². The monoisotopic (exact) mass is 438 g/mol. The minimum absolute atomic E-state index is 0.439. The number of carboxylic acid groups (broad SMARTS) is 1. The van der Waals surface area contributed by atoms with E-state index in [9.17, 15) is 9.36 Å². The van der Waals surface area contributed by atoms with Gasteiger partial charge in [-0.15, -0.1) is 0 Å². The van der Waals surface area contributed by atoms with Crippen LogP contribution < -0.4 is 11.1 Å². The molecule has 0 saturated carbocycles. The molecule has 0 aromatic heterocycles. The lowest BCUT2D eigenvalue weighted by Gasteiger charge is -2.03. The Hall–Kier alpha value is -0.460. The third kappa shape index (κ3) is 35.4. The normalized spacial score (nSPS) is 11.2. The maximum absolute atomic E-state index is 10.1. The molecule has 0 aliphatic rings. The van der Waals surface area contributed by atoms with Gasteiger partial charge in [-0.3, -0.25) is 14.7 Å². The minimum atomic E-state index is -4.10. The van der Waals surface area contributed by atoms with Crippen molar-refractivity contribution in [2.24, 2.45) is 5.73 Å². The van der Waals surface area contributed by atoms with E-state index in [-0.39, 0.29) is 0 Å². The molecule has 7 nitrogen and oxygen atoms in total. The van der Waals surface area contributed by atoms with Gasteiger partial charge in [0, 0.05) is 0 Å². The highest BCUT2D eigenvalue weighted by Gasteiger charge is 2.11. The zero-order valence-electron chi connectivity index (χ0n) is 18.6. The number of carboxylic acids is 1. The van der Waals surface area contributed by atoms with Crippen LogP contribution in [0.1, 0.15) is 110 Å². The number of unbranched alkanes of at least 4 members (excludes halogenated alkanes) is 15. The maximum atomic E-state index is 10.1. The summed E-state index contributed by atoms with van der Waals surface area (Å²) in [6.07, 6.45) is 22.3. The average molecular weight is 439 g/mol. The molecule has 0 spiro atoms. The van der Waals surface area contributed by atoms with Crippen LogP contribution in [0.15, 0.2) is 0 Å². The number of hydrogen-bond acceptors (Lipinski definition) is 4. The second-order valence-corrected chi connectivity index (χ2v) is 9.38. The van der Waals surface area contributed by atoms with Gasteiger partial charge >= 0.3 is 13.6 Å². The Morgan fingerprint density at radius 2 is 1.10 bits per heavy atom. The highest BCUT2D eigenvalue weighted by Crippen LogP contribution is 2.31. The first-order chi connectivity index (χ1) is 13.8. The highest BCUT2D eigenvalue weighted by atomic mass is 31.2. The van der Waals surface area contributed by atoms with E-state index in [1.54, 1.807) is 0 Å². The van der Waals surface area contributed by atoms with Crippen molar-refractivity contribution in [1.82, 2.24) is 5.32 Å². The summed E-state index contributed by atoms with van der Waals surface area (Å²) in [5.41, 5.74) is 5.48. The van der Waals surface area contributed by atoms with Crippen LogP contribution in [-0.4, -0.2) is 40.2 Å². The molecule has 0 atom stereocenters. The number of aliphatic carboxylic acids is 1.